The van der Waals surface area contributed by atoms with E-state index in [1.807, 2.05) is 52.0 Å². The predicted octanol–water partition coefficient (Wildman–Crippen LogP) is 4.29. The molecule has 0 unspecified atom stereocenters. The van der Waals surface area contributed by atoms with E-state index in [0.29, 0.717) is 43.2 Å². The zero-order chi connectivity index (χ0) is 24.7. The molecule has 0 fully saturated rings. The Balaban J connectivity index is 1.48. The summed E-state index contributed by atoms with van der Waals surface area (Å²) in [6, 6.07) is 14.2. The van der Waals surface area contributed by atoms with Gasteiger partial charge in [-0.1, -0.05) is 57.1 Å². The Morgan fingerprint density at radius 1 is 0.971 bits per heavy atom. The maximum Gasteiger partial charge on any atom is 0.240 e. The Morgan fingerprint density at radius 3 is 2.21 bits per heavy atom. The molecule has 9 heteroatoms. The number of sulfonamides is 1. The van der Waals surface area contributed by atoms with Crippen molar-refractivity contribution >= 4 is 21.6 Å². The van der Waals surface area contributed by atoms with E-state index in [9.17, 15) is 13.2 Å². The Kier molecular flexibility index (Phi) is 8.57. The van der Waals surface area contributed by atoms with Crippen LogP contribution in [0.25, 0.3) is 0 Å². The van der Waals surface area contributed by atoms with Crippen LogP contribution in [0.4, 0.5) is 5.69 Å². The van der Waals surface area contributed by atoms with Crippen LogP contribution in [0, 0.1) is 5.92 Å². The number of aromatic nitrogens is 2. The molecule has 2 aromatic carbocycles. The first-order chi connectivity index (χ1) is 16.1. The average molecular weight is 485 g/mol. The molecule has 0 radical (unpaired) electrons. The van der Waals surface area contributed by atoms with Gasteiger partial charge in [-0.05, 0) is 47.7 Å². The van der Waals surface area contributed by atoms with E-state index < -0.39 is 10.0 Å². The third-order valence-electron chi connectivity index (χ3n) is 5.13. The van der Waals surface area contributed by atoms with E-state index in [1.165, 1.54) is 0 Å². The van der Waals surface area contributed by atoms with Gasteiger partial charge in [-0.2, -0.15) is 4.98 Å². The molecular weight excluding hydrogens is 452 g/mol. The third-order valence-corrected chi connectivity index (χ3v) is 6.57. The van der Waals surface area contributed by atoms with Crippen molar-refractivity contribution in [3.8, 4) is 0 Å². The SMILES string of the molecule is CC(C)CNS(=O)(=O)c1ccc(CCC(=O)Nc2ccc(Cc3noc(C(C)C)n3)cc2)cc1. The minimum atomic E-state index is -3.51. The Morgan fingerprint density at radius 2 is 1.62 bits per heavy atom. The lowest BCUT2D eigenvalue weighted by Crippen LogP contribution is -2.27. The Bertz CT molecular complexity index is 1180. The molecule has 3 aromatic rings. The fourth-order valence-corrected chi connectivity index (χ4v) is 4.35. The second kappa shape index (κ2) is 11.4. The largest absolute Gasteiger partial charge is 0.339 e. The lowest BCUT2D eigenvalue weighted by molar-refractivity contribution is -0.116. The molecule has 1 amide bonds. The molecule has 1 heterocycles. The topological polar surface area (TPSA) is 114 Å². The Hall–Kier alpha value is -3.04. The highest BCUT2D eigenvalue weighted by Gasteiger charge is 2.14. The van der Waals surface area contributed by atoms with E-state index in [4.69, 9.17) is 4.52 Å². The van der Waals surface area contributed by atoms with Gasteiger partial charge >= 0.3 is 0 Å². The summed E-state index contributed by atoms with van der Waals surface area (Å²) in [5.41, 5.74) is 2.63. The van der Waals surface area contributed by atoms with Gasteiger partial charge < -0.3 is 9.84 Å². The van der Waals surface area contributed by atoms with E-state index in [0.717, 1.165) is 11.1 Å². The summed E-state index contributed by atoms with van der Waals surface area (Å²) < 4.78 is 32.4. The third kappa shape index (κ3) is 7.50. The van der Waals surface area contributed by atoms with Crippen molar-refractivity contribution in [3.63, 3.8) is 0 Å². The molecule has 182 valence electrons. The van der Waals surface area contributed by atoms with Crippen LogP contribution in [0.15, 0.2) is 57.9 Å². The van der Waals surface area contributed by atoms with Crippen LogP contribution in [0.5, 0.6) is 0 Å². The zero-order valence-corrected chi connectivity index (χ0v) is 20.9. The molecule has 0 atom stereocenters. The van der Waals surface area contributed by atoms with Crippen molar-refractivity contribution in [2.75, 3.05) is 11.9 Å². The van der Waals surface area contributed by atoms with Crippen molar-refractivity contribution in [2.24, 2.45) is 5.92 Å². The number of aryl methyl sites for hydroxylation is 1. The molecule has 3 rings (SSSR count). The molecule has 0 saturated heterocycles. The van der Waals surface area contributed by atoms with Crippen LogP contribution in [0.1, 0.15) is 62.9 Å². The van der Waals surface area contributed by atoms with E-state index in [-0.39, 0.29) is 22.6 Å². The molecule has 0 aliphatic carbocycles. The van der Waals surface area contributed by atoms with Gasteiger partial charge in [0.25, 0.3) is 0 Å². The number of anilines is 1. The van der Waals surface area contributed by atoms with Crippen LogP contribution in [-0.2, 0) is 27.7 Å². The summed E-state index contributed by atoms with van der Waals surface area (Å²) >= 11 is 0. The van der Waals surface area contributed by atoms with Gasteiger partial charge in [-0.25, -0.2) is 13.1 Å². The predicted molar refractivity (Wildman–Crippen MR) is 131 cm³/mol. The summed E-state index contributed by atoms with van der Waals surface area (Å²) in [5.74, 6) is 1.57. The molecule has 0 saturated carbocycles. The second-order valence-electron chi connectivity index (χ2n) is 9.02. The highest BCUT2D eigenvalue weighted by atomic mass is 32.2. The average Bonchev–Trinajstić information content (AvgIpc) is 3.27. The maximum absolute atomic E-state index is 12.4. The molecule has 8 nitrogen and oxygen atoms in total. The second-order valence-corrected chi connectivity index (χ2v) is 10.8. The highest BCUT2D eigenvalue weighted by molar-refractivity contribution is 7.89. The van der Waals surface area contributed by atoms with Crippen molar-refractivity contribution in [3.05, 3.63) is 71.4 Å². The number of nitrogens with zero attached hydrogens (tertiary/aromatic N) is 2. The summed E-state index contributed by atoms with van der Waals surface area (Å²) in [5, 5.41) is 6.89. The molecule has 0 spiro atoms. The fraction of sp³-hybridized carbons (Fsp3) is 0.400. The number of amides is 1. The van der Waals surface area contributed by atoms with Gasteiger partial charge in [0.2, 0.25) is 21.8 Å². The minimum Gasteiger partial charge on any atom is -0.339 e. The molecular formula is C25H32N4O4S. The molecule has 34 heavy (non-hydrogen) atoms. The number of rotatable bonds is 11. The lowest BCUT2D eigenvalue weighted by Gasteiger charge is -2.10. The lowest BCUT2D eigenvalue weighted by atomic mass is 10.1. The first-order valence-corrected chi connectivity index (χ1v) is 12.9. The fourth-order valence-electron chi connectivity index (χ4n) is 3.14. The molecule has 0 aliphatic heterocycles. The quantitative estimate of drug-likeness (QED) is 0.420. The first kappa shape index (κ1) is 25.6. The summed E-state index contributed by atoms with van der Waals surface area (Å²) in [7, 11) is -3.51. The van der Waals surface area contributed by atoms with Crippen LogP contribution in [0.2, 0.25) is 0 Å². The first-order valence-electron chi connectivity index (χ1n) is 11.4. The summed E-state index contributed by atoms with van der Waals surface area (Å²) in [4.78, 5) is 17.0. The van der Waals surface area contributed by atoms with Gasteiger partial charge in [-0.3, -0.25) is 4.79 Å². The maximum atomic E-state index is 12.4. The number of carbonyl (C=O) groups is 1. The standard InChI is InChI=1S/C25H32N4O4S/c1-17(2)16-26-34(31,32)22-12-7-19(8-13-22)9-14-24(30)27-21-10-5-20(6-11-21)15-23-28-25(18(3)4)33-29-23/h5-8,10-13,17-18,26H,9,14-16H2,1-4H3,(H,27,30). The molecule has 2 N–H and O–H groups in total. The molecule has 0 aliphatic rings. The number of hydrogen-bond acceptors (Lipinski definition) is 6. The highest BCUT2D eigenvalue weighted by Crippen LogP contribution is 2.16. The number of nitrogens with one attached hydrogen (secondary N) is 2. The monoisotopic (exact) mass is 484 g/mol. The Labute approximate surface area is 201 Å². The van der Waals surface area contributed by atoms with Gasteiger partial charge in [0.05, 0.1) is 4.90 Å². The van der Waals surface area contributed by atoms with Crippen LogP contribution in [-0.4, -0.2) is 31.0 Å². The number of hydrogen-bond donors (Lipinski definition) is 2. The number of benzene rings is 2. The van der Waals surface area contributed by atoms with Crippen molar-refractivity contribution in [1.82, 2.24) is 14.9 Å². The van der Waals surface area contributed by atoms with Crippen molar-refractivity contribution < 1.29 is 17.7 Å². The van der Waals surface area contributed by atoms with Crippen molar-refractivity contribution in [2.45, 2.75) is 57.8 Å². The van der Waals surface area contributed by atoms with E-state index in [2.05, 4.69) is 20.2 Å². The van der Waals surface area contributed by atoms with Crippen LogP contribution < -0.4 is 10.0 Å². The van der Waals surface area contributed by atoms with Gasteiger partial charge in [0.15, 0.2) is 5.82 Å². The minimum absolute atomic E-state index is 0.109. The molecule has 1 aromatic heterocycles. The van der Waals surface area contributed by atoms with Crippen LogP contribution in [0.3, 0.4) is 0 Å². The van der Waals surface area contributed by atoms with Gasteiger partial charge in [-0.15, -0.1) is 0 Å². The number of carbonyl (C=O) groups excluding carboxylic acids is 1. The van der Waals surface area contributed by atoms with Gasteiger partial charge in [0.1, 0.15) is 0 Å². The normalized spacial score (nSPS) is 11.8. The van der Waals surface area contributed by atoms with Crippen molar-refractivity contribution in [1.29, 1.82) is 0 Å². The molecule has 0 bridgehead atoms. The van der Waals surface area contributed by atoms with Gasteiger partial charge in [0, 0.05) is 31.0 Å². The smallest absolute Gasteiger partial charge is 0.240 e. The van der Waals surface area contributed by atoms with E-state index in [1.54, 1.807) is 24.3 Å². The van der Waals surface area contributed by atoms with E-state index >= 15 is 0 Å². The summed E-state index contributed by atoms with van der Waals surface area (Å²) in [6.45, 7) is 8.29. The van der Waals surface area contributed by atoms with Crippen LogP contribution >= 0.6 is 0 Å². The summed E-state index contributed by atoms with van der Waals surface area (Å²) in [6.07, 6.45) is 1.36. The zero-order valence-electron chi connectivity index (χ0n) is 20.0.